The number of amides is 2. The normalized spacial score (nSPS) is 11.6. The van der Waals surface area contributed by atoms with E-state index in [4.69, 9.17) is 0 Å². The summed E-state index contributed by atoms with van der Waals surface area (Å²) in [4.78, 5) is 25.0. The highest BCUT2D eigenvalue weighted by Crippen LogP contribution is 2.22. The predicted molar refractivity (Wildman–Crippen MR) is 128 cm³/mol. The number of thioether (sulfide) groups is 1. The van der Waals surface area contributed by atoms with Crippen molar-refractivity contribution >= 4 is 29.3 Å². The van der Waals surface area contributed by atoms with E-state index in [0.29, 0.717) is 28.8 Å². The summed E-state index contributed by atoms with van der Waals surface area (Å²) >= 11 is 1.20. The minimum absolute atomic E-state index is 0.0648. The summed E-state index contributed by atoms with van der Waals surface area (Å²) in [6, 6.07) is 11.1. The fourth-order valence-electron chi connectivity index (χ4n) is 3.12. The van der Waals surface area contributed by atoms with Gasteiger partial charge >= 0.3 is 0 Å². The third-order valence-corrected chi connectivity index (χ3v) is 5.88. The SMILES string of the molecule is C=CCn1c(SCC(=O)Nc2cc(F)ccc2C)nnc1[C@H](C)NC(=O)c1ccc(C)cc1. The lowest BCUT2D eigenvalue weighted by molar-refractivity contribution is -0.113. The molecule has 2 aromatic carbocycles. The lowest BCUT2D eigenvalue weighted by Gasteiger charge is -2.15. The van der Waals surface area contributed by atoms with Gasteiger partial charge in [0, 0.05) is 17.8 Å². The molecule has 0 saturated heterocycles. The van der Waals surface area contributed by atoms with Crippen molar-refractivity contribution in [2.45, 2.75) is 38.5 Å². The molecule has 0 radical (unpaired) electrons. The Morgan fingerprint density at radius 2 is 1.91 bits per heavy atom. The van der Waals surface area contributed by atoms with Crippen LogP contribution in [0.2, 0.25) is 0 Å². The molecule has 3 aromatic rings. The average Bonchev–Trinajstić information content (AvgIpc) is 3.18. The van der Waals surface area contributed by atoms with E-state index in [1.807, 2.05) is 26.0 Å². The van der Waals surface area contributed by atoms with Crippen LogP contribution in [-0.4, -0.2) is 32.3 Å². The van der Waals surface area contributed by atoms with Crippen molar-refractivity contribution in [2.75, 3.05) is 11.1 Å². The fraction of sp³-hybridized carbons (Fsp3) is 0.250. The number of nitrogens with one attached hydrogen (secondary N) is 2. The van der Waals surface area contributed by atoms with Gasteiger partial charge in [-0.2, -0.15) is 0 Å². The standard InChI is InChI=1S/C24H26FN5O2S/c1-5-12-30-22(17(4)26-23(32)18-9-6-15(2)7-10-18)28-29-24(30)33-14-21(31)27-20-13-19(25)11-8-16(20)3/h5-11,13,17H,1,12,14H2,2-4H3,(H,26,32)(H,27,31)/t17-/m0/s1. The molecule has 9 heteroatoms. The maximum Gasteiger partial charge on any atom is 0.251 e. The van der Waals surface area contributed by atoms with Gasteiger partial charge in [0.15, 0.2) is 11.0 Å². The van der Waals surface area contributed by atoms with Crippen LogP contribution >= 0.6 is 11.8 Å². The van der Waals surface area contributed by atoms with Gasteiger partial charge in [0.1, 0.15) is 5.82 Å². The maximum atomic E-state index is 13.5. The Balaban J connectivity index is 1.67. The molecule has 0 bridgehead atoms. The van der Waals surface area contributed by atoms with Crippen molar-refractivity contribution in [1.29, 1.82) is 0 Å². The van der Waals surface area contributed by atoms with Gasteiger partial charge in [0.05, 0.1) is 11.8 Å². The van der Waals surface area contributed by atoms with Gasteiger partial charge < -0.3 is 15.2 Å². The molecule has 3 rings (SSSR count). The first-order valence-electron chi connectivity index (χ1n) is 10.4. The van der Waals surface area contributed by atoms with Crippen molar-refractivity contribution in [3.63, 3.8) is 0 Å². The van der Waals surface area contributed by atoms with Crippen molar-refractivity contribution in [2.24, 2.45) is 0 Å². The highest BCUT2D eigenvalue weighted by molar-refractivity contribution is 7.99. The molecule has 1 heterocycles. The molecule has 0 fully saturated rings. The average molecular weight is 468 g/mol. The van der Waals surface area contributed by atoms with Gasteiger partial charge in [-0.25, -0.2) is 4.39 Å². The molecule has 0 aliphatic heterocycles. The summed E-state index contributed by atoms with van der Waals surface area (Å²) in [6.07, 6.45) is 1.70. The van der Waals surface area contributed by atoms with E-state index in [9.17, 15) is 14.0 Å². The number of allylic oxidation sites excluding steroid dienone is 1. The minimum atomic E-state index is -0.416. The van der Waals surface area contributed by atoms with Crippen LogP contribution in [0.3, 0.4) is 0 Å². The molecule has 1 aromatic heterocycles. The Morgan fingerprint density at radius 3 is 2.61 bits per heavy atom. The number of hydrogen-bond donors (Lipinski definition) is 2. The maximum absolute atomic E-state index is 13.5. The predicted octanol–water partition coefficient (Wildman–Crippen LogP) is 4.44. The molecule has 0 spiro atoms. The zero-order chi connectivity index (χ0) is 24.0. The van der Waals surface area contributed by atoms with Gasteiger partial charge in [-0.15, -0.1) is 16.8 Å². The second-order valence-corrected chi connectivity index (χ2v) is 8.54. The van der Waals surface area contributed by atoms with Crippen molar-refractivity contribution < 1.29 is 14.0 Å². The number of rotatable bonds is 9. The molecule has 0 saturated carbocycles. The molecule has 0 unspecified atom stereocenters. The summed E-state index contributed by atoms with van der Waals surface area (Å²) in [5, 5.41) is 14.6. The van der Waals surface area contributed by atoms with E-state index in [1.54, 1.807) is 35.8 Å². The first kappa shape index (κ1) is 24.2. The lowest BCUT2D eigenvalue weighted by Crippen LogP contribution is -2.28. The molecule has 2 N–H and O–H groups in total. The quantitative estimate of drug-likeness (QED) is 0.359. The Kier molecular flexibility index (Phi) is 8.00. The van der Waals surface area contributed by atoms with Crippen molar-refractivity contribution in [1.82, 2.24) is 20.1 Å². The number of hydrogen-bond acceptors (Lipinski definition) is 5. The molecule has 33 heavy (non-hydrogen) atoms. The molecule has 0 aliphatic rings. The zero-order valence-corrected chi connectivity index (χ0v) is 19.6. The molecule has 1 atom stereocenters. The third kappa shape index (κ3) is 6.29. The Morgan fingerprint density at radius 1 is 1.18 bits per heavy atom. The largest absolute Gasteiger partial charge is 0.342 e. The first-order valence-corrected chi connectivity index (χ1v) is 11.4. The number of carbonyl (C=O) groups excluding carboxylic acids is 2. The summed E-state index contributed by atoms with van der Waals surface area (Å²) < 4.78 is 15.3. The molecule has 2 amide bonds. The molecular weight excluding hydrogens is 441 g/mol. The molecule has 7 nitrogen and oxygen atoms in total. The zero-order valence-electron chi connectivity index (χ0n) is 18.8. The van der Waals surface area contributed by atoms with E-state index in [2.05, 4.69) is 27.4 Å². The van der Waals surface area contributed by atoms with Crippen LogP contribution in [0.25, 0.3) is 0 Å². The van der Waals surface area contributed by atoms with Gasteiger partial charge in [0.25, 0.3) is 5.91 Å². The number of halogens is 1. The topological polar surface area (TPSA) is 88.9 Å². The lowest BCUT2D eigenvalue weighted by atomic mass is 10.1. The summed E-state index contributed by atoms with van der Waals surface area (Å²) in [5.41, 5.74) is 2.83. The summed E-state index contributed by atoms with van der Waals surface area (Å²) in [7, 11) is 0. The number of aryl methyl sites for hydroxylation is 2. The second kappa shape index (κ2) is 10.9. The van der Waals surface area contributed by atoms with Gasteiger partial charge in [-0.1, -0.05) is 41.6 Å². The number of anilines is 1. The number of benzene rings is 2. The van der Waals surface area contributed by atoms with Gasteiger partial charge in [-0.05, 0) is 50.6 Å². The number of carbonyl (C=O) groups is 2. The number of aromatic nitrogens is 3. The minimum Gasteiger partial charge on any atom is -0.342 e. The number of nitrogens with zero attached hydrogens (tertiary/aromatic N) is 3. The Hall–Kier alpha value is -3.46. The first-order chi connectivity index (χ1) is 15.8. The Bertz CT molecular complexity index is 1160. The van der Waals surface area contributed by atoms with E-state index < -0.39 is 11.9 Å². The molecular formula is C24H26FN5O2S. The molecule has 0 aliphatic carbocycles. The van der Waals surface area contributed by atoms with Crippen molar-refractivity contribution in [3.8, 4) is 0 Å². The highest BCUT2D eigenvalue weighted by atomic mass is 32.2. The van der Waals surface area contributed by atoms with E-state index in [-0.39, 0.29) is 17.6 Å². The molecule has 172 valence electrons. The van der Waals surface area contributed by atoms with Crippen LogP contribution in [0.1, 0.15) is 40.3 Å². The monoisotopic (exact) mass is 467 g/mol. The summed E-state index contributed by atoms with van der Waals surface area (Å²) in [6.45, 7) is 9.77. The van der Waals surface area contributed by atoms with Gasteiger partial charge in [-0.3, -0.25) is 9.59 Å². The van der Waals surface area contributed by atoms with Crippen LogP contribution in [-0.2, 0) is 11.3 Å². The van der Waals surface area contributed by atoms with Gasteiger partial charge in [0.2, 0.25) is 5.91 Å². The highest BCUT2D eigenvalue weighted by Gasteiger charge is 2.20. The van der Waals surface area contributed by atoms with Crippen LogP contribution in [0, 0.1) is 19.7 Å². The smallest absolute Gasteiger partial charge is 0.251 e. The third-order valence-electron chi connectivity index (χ3n) is 4.91. The van der Waals surface area contributed by atoms with Crippen LogP contribution in [0.4, 0.5) is 10.1 Å². The van der Waals surface area contributed by atoms with E-state index in [0.717, 1.165) is 11.1 Å². The van der Waals surface area contributed by atoms with E-state index >= 15 is 0 Å². The Labute approximate surface area is 196 Å². The second-order valence-electron chi connectivity index (χ2n) is 7.60. The summed E-state index contributed by atoms with van der Waals surface area (Å²) in [5.74, 6) is -0.298. The van der Waals surface area contributed by atoms with Crippen LogP contribution in [0.15, 0.2) is 60.3 Å². The fourth-order valence-corrected chi connectivity index (χ4v) is 3.88. The van der Waals surface area contributed by atoms with Crippen LogP contribution in [0.5, 0.6) is 0 Å². The van der Waals surface area contributed by atoms with Crippen molar-refractivity contribution in [3.05, 3.63) is 83.5 Å². The van der Waals surface area contributed by atoms with E-state index in [1.165, 1.54) is 23.9 Å². The van der Waals surface area contributed by atoms with Crippen LogP contribution < -0.4 is 10.6 Å².